The SMILES string of the molecule is O=C(NN=Cc1ccccc1Cl)C(=O)Nc1ccccc1C(=O)Nc1ccc(Br)cc1. The summed E-state index contributed by atoms with van der Waals surface area (Å²) in [7, 11) is 0. The second kappa shape index (κ2) is 10.5. The Labute approximate surface area is 191 Å². The molecule has 0 atom stereocenters. The van der Waals surface area contributed by atoms with E-state index >= 15 is 0 Å². The summed E-state index contributed by atoms with van der Waals surface area (Å²) in [6.07, 6.45) is 1.33. The Bertz CT molecular complexity index is 1150. The minimum absolute atomic E-state index is 0.187. The Hall–Kier alpha value is -3.49. The number of nitrogens with one attached hydrogen (secondary N) is 3. The first kappa shape index (κ1) is 22.2. The highest BCUT2D eigenvalue weighted by atomic mass is 79.9. The molecule has 0 aliphatic heterocycles. The predicted octanol–water partition coefficient (Wildman–Crippen LogP) is 4.44. The molecule has 9 heteroatoms. The van der Waals surface area contributed by atoms with Crippen LogP contribution in [0.5, 0.6) is 0 Å². The summed E-state index contributed by atoms with van der Waals surface area (Å²) >= 11 is 9.33. The molecule has 0 saturated heterocycles. The minimum atomic E-state index is -0.994. The molecule has 0 aliphatic carbocycles. The Balaban J connectivity index is 1.64. The van der Waals surface area contributed by atoms with Gasteiger partial charge in [0, 0.05) is 20.7 Å². The molecule has 0 bridgehead atoms. The molecule has 3 aromatic carbocycles. The summed E-state index contributed by atoms with van der Waals surface area (Å²) in [6, 6.07) is 20.3. The van der Waals surface area contributed by atoms with Gasteiger partial charge in [-0.25, -0.2) is 5.43 Å². The first-order valence-corrected chi connectivity index (χ1v) is 10.2. The molecule has 31 heavy (non-hydrogen) atoms. The lowest BCUT2D eigenvalue weighted by Gasteiger charge is -2.11. The van der Waals surface area contributed by atoms with Gasteiger partial charge in [0.05, 0.1) is 17.5 Å². The van der Waals surface area contributed by atoms with Gasteiger partial charge >= 0.3 is 11.8 Å². The van der Waals surface area contributed by atoms with E-state index in [1.165, 1.54) is 18.3 Å². The lowest BCUT2D eigenvalue weighted by Crippen LogP contribution is -2.33. The van der Waals surface area contributed by atoms with E-state index in [4.69, 9.17) is 11.6 Å². The van der Waals surface area contributed by atoms with Crippen LogP contribution in [0.3, 0.4) is 0 Å². The Morgan fingerprint density at radius 1 is 0.839 bits per heavy atom. The molecule has 3 amide bonds. The average molecular weight is 500 g/mol. The molecule has 0 unspecified atom stereocenters. The monoisotopic (exact) mass is 498 g/mol. The molecule has 0 heterocycles. The fraction of sp³-hybridized carbons (Fsp3) is 0. The maximum atomic E-state index is 12.6. The fourth-order valence-electron chi connectivity index (χ4n) is 2.49. The van der Waals surface area contributed by atoms with Crippen LogP contribution in [0, 0.1) is 0 Å². The zero-order chi connectivity index (χ0) is 22.2. The van der Waals surface area contributed by atoms with Gasteiger partial charge in [-0.3, -0.25) is 14.4 Å². The molecule has 3 aromatic rings. The third-order valence-corrected chi connectivity index (χ3v) is 4.88. The number of hydrazone groups is 1. The van der Waals surface area contributed by atoms with Crippen molar-refractivity contribution in [2.75, 3.05) is 10.6 Å². The number of anilines is 2. The van der Waals surface area contributed by atoms with Crippen molar-refractivity contribution < 1.29 is 14.4 Å². The molecule has 0 fully saturated rings. The normalized spacial score (nSPS) is 10.5. The van der Waals surface area contributed by atoms with Crippen molar-refractivity contribution in [1.29, 1.82) is 0 Å². The largest absolute Gasteiger partial charge is 0.329 e. The van der Waals surface area contributed by atoms with Crippen molar-refractivity contribution in [2.24, 2.45) is 5.10 Å². The number of carbonyl (C=O) groups excluding carboxylic acids is 3. The van der Waals surface area contributed by atoms with Gasteiger partial charge in [0.2, 0.25) is 0 Å². The van der Waals surface area contributed by atoms with Crippen LogP contribution >= 0.6 is 27.5 Å². The van der Waals surface area contributed by atoms with Gasteiger partial charge in [-0.2, -0.15) is 5.10 Å². The van der Waals surface area contributed by atoms with Crippen molar-refractivity contribution in [2.45, 2.75) is 0 Å². The van der Waals surface area contributed by atoms with E-state index in [0.717, 1.165) is 4.47 Å². The molecule has 7 nitrogen and oxygen atoms in total. The zero-order valence-corrected chi connectivity index (χ0v) is 18.3. The maximum absolute atomic E-state index is 12.6. The molecular weight excluding hydrogens is 484 g/mol. The van der Waals surface area contributed by atoms with E-state index in [1.807, 2.05) is 0 Å². The second-order valence-electron chi connectivity index (χ2n) is 6.18. The van der Waals surface area contributed by atoms with Gasteiger partial charge in [0.25, 0.3) is 5.91 Å². The summed E-state index contributed by atoms with van der Waals surface area (Å²) in [5.74, 6) is -2.40. The van der Waals surface area contributed by atoms with Crippen LogP contribution in [-0.4, -0.2) is 23.9 Å². The van der Waals surface area contributed by atoms with Crippen molar-refractivity contribution in [3.63, 3.8) is 0 Å². The third kappa shape index (κ3) is 6.24. The molecule has 0 radical (unpaired) electrons. The molecule has 0 spiro atoms. The highest BCUT2D eigenvalue weighted by Gasteiger charge is 2.17. The van der Waals surface area contributed by atoms with Crippen LogP contribution in [0.25, 0.3) is 0 Å². The van der Waals surface area contributed by atoms with Crippen molar-refractivity contribution in [3.8, 4) is 0 Å². The van der Waals surface area contributed by atoms with Crippen LogP contribution in [0.2, 0.25) is 5.02 Å². The van der Waals surface area contributed by atoms with Crippen molar-refractivity contribution in [3.05, 3.63) is 93.4 Å². The van der Waals surface area contributed by atoms with Crippen molar-refractivity contribution >= 4 is 62.8 Å². The quantitative estimate of drug-likeness (QED) is 0.275. The van der Waals surface area contributed by atoms with Crippen LogP contribution in [0.4, 0.5) is 11.4 Å². The van der Waals surface area contributed by atoms with Crippen LogP contribution in [-0.2, 0) is 9.59 Å². The number of halogens is 2. The van der Waals surface area contributed by atoms with E-state index in [-0.39, 0.29) is 11.3 Å². The molecule has 0 aliphatic rings. The molecule has 156 valence electrons. The molecular formula is C22H16BrClN4O3. The van der Waals surface area contributed by atoms with Gasteiger partial charge in [0.1, 0.15) is 0 Å². The molecule has 0 saturated carbocycles. The first-order chi connectivity index (χ1) is 14.9. The standard InChI is InChI=1S/C22H16BrClN4O3/c23-15-9-11-16(12-10-15)26-20(29)17-6-2-4-8-19(17)27-21(30)22(31)28-25-13-14-5-1-3-7-18(14)24/h1-13H,(H,26,29)(H,27,30)(H,28,31). The van der Waals surface area contributed by atoms with Gasteiger partial charge < -0.3 is 10.6 Å². The summed E-state index contributed by atoms with van der Waals surface area (Å²) in [5, 5.41) is 9.35. The number of carbonyl (C=O) groups is 3. The smallest absolute Gasteiger partial charge is 0.322 e. The van der Waals surface area contributed by atoms with Gasteiger partial charge in [-0.15, -0.1) is 0 Å². The average Bonchev–Trinajstić information content (AvgIpc) is 2.77. The summed E-state index contributed by atoms with van der Waals surface area (Å²) < 4.78 is 0.876. The number of benzene rings is 3. The summed E-state index contributed by atoms with van der Waals surface area (Å²) in [4.78, 5) is 36.9. The zero-order valence-electron chi connectivity index (χ0n) is 15.9. The Morgan fingerprint density at radius 2 is 1.52 bits per heavy atom. The maximum Gasteiger partial charge on any atom is 0.329 e. The van der Waals surface area contributed by atoms with Gasteiger partial charge in [-0.05, 0) is 42.5 Å². The number of hydrogen-bond donors (Lipinski definition) is 3. The predicted molar refractivity (Wildman–Crippen MR) is 124 cm³/mol. The van der Waals surface area contributed by atoms with E-state index in [2.05, 4.69) is 37.1 Å². The van der Waals surface area contributed by atoms with E-state index in [0.29, 0.717) is 16.3 Å². The summed E-state index contributed by atoms with van der Waals surface area (Å²) in [5.41, 5.74) is 3.68. The number of para-hydroxylation sites is 1. The topological polar surface area (TPSA) is 99.7 Å². The molecule has 3 N–H and O–H groups in total. The minimum Gasteiger partial charge on any atom is -0.322 e. The summed E-state index contributed by atoms with van der Waals surface area (Å²) in [6.45, 7) is 0. The highest BCUT2D eigenvalue weighted by molar-refractivity contribution is 9.10. The number of amides is 3. The Morgan fingerprint density at radius 3 is 2.26 bits per heavy atom. The second-order valence-corrected chi connectivity index (χ2v) is 7.50. The van der Waals surface area contributed by atoms with Crippen LogP contribution in [0.1, 0.15) is 15.9 Å². The third-order valence-electron chi connectivity index (χ3n) is 4.00. The fourth-order valence-corrected chi connectivity index (χ4v) is 2.94. The van der Waals surface area contributed by atoms with Crippen LogP contribution < -0.4 is 16.1 Å². The number of nitrogens with zero attached hydrogens (tertiary/aromatic N) is 1. The first-order valence-electron chi connectivity index (χ1n) is 8.99. The van der Waals surface area contributed by atoms with Crippen molar-refractivity contribution in [1.82, 2.24) is 5.43 Å². The molecule has 3 rings (SSSR count). The number of hydrogen-bond acceptors (Lipinski definition) is 4. The van der Waals surface area contributed by atoms with E-state index in [9.17, 15) is 14.4 Å². The highest BCUT2D eigenvalue weighted by Crippen LogP contribution is 2.19. The van der Waals surface area contributed by atoms with Gasteiger partial charge in [0.15, 0.2) is 0 Å². The lowest BCUT2D eigenvalue weighted by atomic mass is 10.1. The number of rotatable bonds is 5. The Kier molecular flexibility index (Phi) is 7.53. The van der Waals surface area contributed by atoms with Gasteiger partial charge in [-0.1, -0.05) is 57.9 Å². The lowest BCUT2D eigenvalue weighted by molar-refractivity contribution is -0.136. The van der Waals surface area contributed by atoms with E-state index < -0.39 is 17.7 Å². The molecule has 0 aromatic heterocycles. The van der Waals surface area contributed by atoms with Crippen LogP contribution in [0.15, 0.2) is 82.4 Å². The van der Waals surface area contributed by atoms with E-state index in [1.54, 1.807) is 60.7 Å².